The van der Waals surface area contributed by atoms with Gasteiger partial charge in [0.25, 0.3) is 0 Å². The second-order valence-electron chi connectivity index (χ2n) is 6.81. The first-order chi connectivity index (χ1) is 9.38. The molecule has 106 valence electrons. The van der Waals surface area contributed by atoms with Crippen LogP contribution in [0.1, 0.15) is 19.4 Å². The van der Waals surface area contributed by atoms with Crippen LogP contribution in [-0.2, 0) is 6.42 Å². The quantitative estimate of drug-likeness (QED) is 0.796. The smallest absolute Gasteiger partial charge is 0.0799 e. The highest BCUT2D eigenvalue weighted by Gasteiger charge is 2.21. The van der Waals surface area contributed by atoms with Crippen LogP contribution in [0.25, 0.3) is 11.3 Å². The summed E-state index contributed by atoms with van der Waals surface area (Å²) in [6.07, 6.45) is 6.89. The van der Waals surface area contributed by atoms with E-state index in [0.29, 0.717) is 5.92 Å². The summed E-state index contributed by atoms with van der Waals surface area (Å²) in [6.45, 7) is 11.7. The van der Waals surface area contributed by atoms with E-state index in [9.17, 15) is 0 Å². The highest BCUT2D eigenvalue weighted by Crippen LogP contribution is 2.19. The van der Waals surface area contributed by atoms with Gasteiger partial charge in [-0.1, -0.05) is 33.5 Å². The zero-order chi connectivity index (χ0) is 14.8. The maximum Gasteiger partial charge on any atom is 0.0799 e. The minimum Gasteiger partial charge on any atom is -0.265 e. The van der Waals surface area contributed by atoms with E-state index in [4.69, 9.17) is 4.98 Å². The summed E-state index contributed by atoms with van der Waals surface area (Å²) in [4.78, 5) is 8.77. The van der Waals surface area contributed by atoms with Gasteiger partial charge in [-0.25, -0.2) is 0 Å². The molecule has 0 aliphatic rings. The molecule has 0 aliphatic carbocycles. The zero-order valence-electron chi connectivity index (χ0n) is 13.1. The lowest BCUT2D eigenvalue weighted by Crippen LogP contribution is -2.40. The molecule has 0 saturated heterocycles. The monoisotopic (exact) mass is 284 g/mol. The molecule has 2 aromatic heterocycles. The van der Waals surface area contributed by atoms with Crippen LogP contribution in [-0.4, -0.2) is 18.0 Å². The van der Waals surface area contributed by atoms with Crippen molar-refractivity contribution in [1.29, 1.82) is 0 Å². The van der Waals surface area contributed by atoms with E-state index >= 15 is 0 Å². The molecule has 0 amide bonds. The minimum atomic E-state index is -1.34. The van der Waals surface area contributed by atoms with E-state index in [1.807, 2.05) is 24.5 Å². The number of hydrogen-bond donors (Lipinski definition) is 0. The van der Waals surface area contributed by atoms with Gasteiger partial charge < -0.3 is 0 Å². The number of pyridine rings is 2. The Labute approximate surface area is 123 Å². The van der Waals surface area contributed by atoms with E-state index in [1.54, 1.807) is 0 Å². The fourth-order valence-corrected chi connectivity index (χ4v) is 4.05. The summed E-state index contributed by atoms with van der Waals surface area (Å²) < 4.78 is 0. The molecule has 3 heteroatoms. The Kier molecular flexibility index (Phi) is 4.38. The number of nitrogens with zero attached hydrogens (tertiary/aromatic N) is 2. The molecular formula is C17H24N2Si. The first-order valence-electron chi connectivity index (χ1n) is 7.27. The van der Waals surface area contributed by atoms with Crippen LogP contribution in [0, 0.1) is 5.92 Å². The van der Waals surface area contributed by atoms with Gasteiger partial charge in [-0.2, -0.15) is 0 Å². The molecule has 2 aromatic rings. The third-order valence-corrected chi connectivity index (χ3v) is 5.47. The topological polar surface area (TPSA) is 25.8 Å². The molecule has 2 heterocycles. The van der Waals surface area contributed by atoms with Gasteiger partial charge in [-0.3, -0.25) is 9.97 Å². The van der Waals surface area contributed by atoms with Crippen LogP contribution in [0.3, 0.4) is 0 Å². The van der Waals surface area contributed by atoms with Crippen molar-refractivity contribution < 1.29 is 0 Å². The number of aromatic nitrogens is 2. The van der Waals surface area contributed by atoms with Crippen molar-refractivity contribution in [3.8, 4) is 11.3 Å². The van der Waals surface area contributed by atoms with E-state index in [2.05, 4.69) is 50.7 Å². The van der Waals surface area contributed by atoms with E-state index in [-0.39, 0.29) is 0 Å². The minimum absolute atomic E-state index is 0.665. The molecule has 0 fully saturated rings. The normalized spacial score (nSPS) is 11.9. The van der Waals surface area contributed by atoms with Crippen molar-refractivity contribution in [2.24, 2.45) is 5.92 Å². The molecule has 2 nitrogen and oxygen atoms in total. The van der Waals surface area contributed by atoms with Crippen molar-refractivity contribution in [2.75, 3.05) is 0 Å². The Hall–Kier alpha value is -1.48. The lowest BCUT2D eigenvalue weighted by Gasteiger charge is -2.22. The zero-order valence-corrected chi connectivity index (χ0v) is 14.1. The highest BCUT2D eigenvalue weighted by molar-refractivity contribution is 6.89. The molecule has 0 bridgehead atoms. The summed E-state index contributed by atoms with van der Waals surface area (Å²) in [5.41, 5.74) is 3.68. The van der Waals surface area contributed by atoms with Crippen LogP contribution >= 0.6 is 0 Å². The summed E-state index contributed by atoms with van der Waals surface area (Å²) >= 11 is 0. The maximum absolute atomic E-state index is 4.69. The molecule has 20 heavy (non-hydrogen) atoms. The summed E-state index contributed by atoms with van der Waals surface area (Å²) in [6, 6.07) is 6.33. The van der Waals surface area contributed by atoms with Crippen molar-refractivity contribution >= 4 is 13.3 Å². The van der Waals surface area contributed by atoms with E-state index in [0.717, 1.165) is 17.7 Å². The van der Waals surface area contributed by atoms with Gasteiger partial charge >= 0.3 is 0 Å². The third-order valence-electron chi connectivity index (χ3n) is 3.40. The van der Waals surface area contributed by atoms with Crippen LogP contribution in [0.5, 0.6) is 0 Å². The Bertz CT molecular complexity index is 571. The van der Waals surface area contributed by atoms with Gasteiger partial charge in [0.15, 0.2) is 0 Å². The first kappa shape index (κ1) is 14.9. The molecule has 0 radical (unpaired) electrons. The third kappa shape index (κ3) is 3.54. The van der Waals surface area contributed by atoms with Gasteiger partial charge in [-0.05, 0) is 41.3 Å². The van der Waals surface area contributed by atoms with Gasteiger partial charge in [0.1, 0.15) is 0 Å². The second kappa shape index (κ2) is 5.88. The van der Waals surface area contributed by atoms with Crippen LogP contribution in [0.2, 0.25) is 19.6 Å². The van der Waals surface area contributed by atoms with Gasteiger partial charge in [0, 0.05) is 24.2 Å². The molecular weight excluding hydrogens is 260 g/mol. The Morgan fingerprint density at radius 2 is 1.75 bits per heavy atom. The van der Waals surface area contributed by atoms with Gasteiger partial charge in [0.2, 0.25) is 0 Å². The maximum atomic E-state index is 4.69. The predicted molar refractivity (Wildman–Crippen MR) is 89.0 cm³/mol. The average Bonchev–Trinajstić information content (AvgIpc) is 2.37. The number of rotatable bonds is 4. The molecule has 0 atom stereocenters. The molecule has 0 aromatic carbocycles. The van der Waals surface area contributed by atoms with Crippen molar-refractivity contribution in [3.05, 3.63) is 42.4 Å². The van der Waals surface area contributed by atoms with Crippen molar-refractivity contribution in [2.45, 2.75) is 39.9 Å². The Morgan fingerprint density at radius 1 is 1.10 bits per heavy atom. The highest BCUT2D eigenvalue weighted by atomic mass is 28.3. The molecule has 0 aliphatic heterocycles. The lowest BCUT2D eigenvalue weighted by atomic mass is 10.0. The SMILES string of the molecule is CC(C)Cc1cc(-c2ccncc2)ncc1[Si](C)(C)C. The molecule has 0 unspecified atom stereocenters. The number of hydrogen-bond acceptors (Lipinski definition) is 2. The Balaban J connectivity index is 2.49. The second-order valence-corrected chi connectivity index (χ2v) is 11.8. The van der Waals surface area contributed by atoms with Crippen LogP contribution in [0.4, 0.5) is 0 Å². The standard InChI is InChI=1S/C17H24N2Si/c1-13(2)10-15-11-16(14-6-8-18-9-7-14)19-12-17(15)20(3,4)5/h6-9,11-13H,10H2,1-5H3. The average molecular weight is 284 g/mol. The van der Waals surface area contributed by atoms with Gasteiger partial charge in [-0.15, -0.1) is 0 Å². The Morgan fingerprint density at radius 3 is 2.30 bits per heavy atom. The van der Waals surface area contributed by atoms with Crippen molar-refractivity contribution in [1.82, 2.24) is 9.97 Å². The molecule has 0 saturated carbocycles. The first-order valence-corrected chi connectivity index (χ1v) is 10.8. The van der Waals surface area contributed by atoms with E-state index in [1.165, 1.54) is 10.8 Å². The molecule has 2 rings (SSSR count). The predicted octanol–water partition coefficient (Wildman–Crippen LogP) is 3.89. The van der Waals surface area contributed by atoms with Crippen molar-refractivity contribution in [3.63, 3.8) is 0 Å². The molecule has 0 N–H and O–H groups in total. The summed E-state index contributed by atoms with van der Waals surface area (Å²) in [5.74, 6) is 0.665. The van der Waals surface area contributed by atoms with Crippen LogP contribution < -0.4 is 5.19 Å². The van der Waals surface area contributed by atoms with E-state index < -0.39 is 8.07 Å². The largest absolute Gasteiger partial charge is 0.265 e. The van der Waals surface area contributed by atoms with Crippen LogP contribution in [0.15, 0.2) is 36.8 Å². The van der Waals surface area contributed by atoms with Gasteiger partial charge in [0.05, 0.1) is 13.8 Å². The molecule has 0 spiro atoms. The summed E-state index contributed by atoms with van der Waals surface area (Å²) in [5, 5.41) is 1.49. The fraction of sp³-hybridized carbons (Fsp3) is 0.412. The fourth-order valence-electron chi connectivity index (χ4n) is 2.46. The lowest BCUT2D eigenvalue weighted by molar-refractivity contribution is 0.649. The summed E-state index contributed by atoms with van der Waals surface area (Å²) in [7, 11) is -1.34.